The highest BCUT2D eigenvalue weighted by Gasteiger charge is 2.51. The van der Waals surface area contributed by atoms with E-state index in [-0.39, 0.29) is 28.3 Å². The van der Waals surface area contributed by atoms with E-state index in [4.69, 9.17) is 27.9 Å². The minimum absolute atomic E-state index is 0.0424. The average molecular weight is 304 g/mol. The lowest BCUT2D eigenvalue weighted by Crippen LogP contribution is -2.55. The molecule has 0 saturated heterocycles. The molecule has 6 heteroatoms. The van der Waals surface area contributed by atoms with Crippen LogP contribution in [0.5, 0.6) is 5.75 Å². The quantitative estimate of drug-likeness (QED) is 0.470. The van der Waals surface area contributed by atoms with E-state index >= 15 is 0 Å². The van der Waals surface area contributed by atoms with Crippen LogP contribution in [0.25, 0.3) is 0 Å². The highest BCUT2D eigenvalue weighted by molar-refractivity contribution is 6.30. The van der Waals surface area contributed by atoms with E-state index in [1.165, 1.54) is 18.2 Å². The fourth-order valence-electron chi connectivity index (χ4n) is 2.29. The monoisotopic (exact) mass is 303 g/mol. The van der Waals surface area contributed by atoms with Crippen LogP contribution in [-0.2, 0) is 0 Å². The number of alkyl halides is 1. The molecule has 0 bridgehead atoms. The smallest absolute Gasteiger partial charge is 0.311 e. The molecule has 0 radical (unpaired) electrons. The third kappa shape index (κ3) is 2.51. The van der Waals surface area contributed by atoms with Crippen LogP contribution in [0.15, 0.2) is 18.2 Å². The molecule has 2 rings (SSSR count). The second-order valence-corrected chi connectivity index (χ2v) is 6.00. The highest BCUT2D eigenvalue weighted by Crippen LogP contribution is 2.50. The standard InChI is InChI=1S/C13H15Cl2NO3/c1-3-13(2)11(15)7-12(13)19-10-6-8(14)4-5-9(10)16(17)18/h4-6,11-12H,3,7H2,1-2H3. The van der Waals surface area contributed by atoms with Crippen LogP contribution in [0.1, 0.15) is 26.7 Å². The molecule has 0 spiro atoms. The predicted octanol–water partition coefficient (Wildman–Crippen LogP) is 4.42. The Kier molecular flexibility index (Phi) is 3.92. The molecule has 104 valence electrons. The van der Waals surface area contributed by atoms with E-state index in [2.05, 4.69) is 0 Å². The zero-order chi connectivity index (χ0) is 14.2. The first-order chi connectivity index (χ1) is 8.88. The van der Waals surface area contributed by atoms with E-state index in [9.17, 15) is 10.1 Å². The van der Waals surface area contributed by atoms with Crippen molar-refractivity contribution in [1.29, 1.82) is 0 Å². The highest BCUT2D eigenvalue weighted by atomic mass is 35.5. The van der Waals surface area contributed by atoms with Gasteiger partial charge in [-0.25, -0.2) is 0 Å². The number of nitrogens with zero attached hydrogens (tertiary/aromatic N) is 1. The first-order valence-electron chi connectivity index (χ1n) is 6.13. The molecule has 1 aliphatic carbocycles. The van der Waals surface area contributed by atoms with Crippen molar-refractivity contribution in [2.45, 2.75) is 38.2 Å². The van der Waals surface area contributed by atoms with Crippen LogP contribution in [-0.4, -0.2) is 16.4 Å². The van der Waals surface area contributed by atoms with Gasteiger partial charge in [0.15, 0.2) is 5.75 Å². The normalized spacial score (nSPS) is 29.7. The molecule has 0 aromatic heterocycles. The summed E-state index contributed by atoms with van der Waals surface area (Å²) in [5.74, 6) is 0.214. The van der Waals surface area contributed by atoms with E-state index in [1.807, 2.05) is 13.8 Å². The second-order valence-electron chi connectivity index (χ2n) is 5.04. The Balaban J connectivity index is 2.25. The van der Waals surface area contributed by atoms with Gasteiger partial charge in [-0.1, -0.05) is 25.4 Å². The van der Waals surface area contributed by atoms with Gasteiger partial charge in [0.2, 0.25) is 0 Å². The molecule has 0 heterocycles. The van der Waals surface area contributed by atoms with Crippen molar-refractivity contribution in [3.05, 3.63) is 33.3 Å². The summed E-state index contributed by atoms with van der Waals surface area (Å²) in [5, 5.41) is 11.4. The minimum atomic E-state index is -0.466. The summed E-state index contributed by atoms with van der Waals surface area (Å²) >= 11 is 12.1. The van der Waals surface area contributed by atoms with Crippen LogP contribution in [0.3, 0.4) is 0 Å². The van der Waals surface area contributed by atoms with Crippen molar-refractivity contribution >= 4 is 28.9 Å². The molecule has 0 N–H and O–H groups in total. The lowest BCUT2D eigenvalue weighted by atomic mass is 9.65. The summed E-state index contributed by atoms with van der Waals surface area (Å²) in [5.41, 5.74) is -0.224. The van der Waals surface area contributed by atoms with Gasteiger partial charge in [-0.3, -0.25) is 10.1 Å². The van der Waals surface area contributed by atoms with E-state index in [0.29, 0.717) is 11.4 Å². The number of hydrogen-bond donors (Lipinski definition) is 0. The Morgan fingerprint density at radius 2 is 2.26 bits per heavy atom. The van der Waals surface area contributed by atoms with Crippen molar-refractivity contribution in [3.8, 4) is 5.75 Å². The maximum atomic E-state index is 11.0. The van der Waals surface area contributed by atoms with Crippen molar-refractivity contribution in [2.24, 2.45) is 5.41 Å². The van der Waals surface area contributed by atoms with E-state index in [1.54, 1.807) is 0 Å². The number of ether oxygens (including phenoxy) is 1. The van der Waals surface area contributed by atoms with Crippen molar-refractivity contribution in [3.63, 3.8) is 0 Å². The Labute approximate surface area is 121 Å². The molecule has 4 nitrogen and oxygen atoms in total. The molecule has 1 aromatic rings. The summed E-state index contributed by atoms with van der Waals surface area (Å²) in [6.07, 6.45) is 1.44. The van der Waals surface area contributed by atoms with Gasteiger partial charge in [0.25, 0.3) is 0 Å². The molecule has 0 amide bonds. The second kappa shape index (κ2) is 5.17. The maximum Gasteiger partial charge on any atom is 0.311 e. The molecule has 1 aliphatic rings. The lowest BCUT2D eigenvalue weighted by molar-refractivity contribution is -0.386. The topological polar surface area (TPSA) is 52.4 Å². The van der Waals surface area contributed by atoms with Gasteiger partial charge in [-0.15, -0.1) is 11.6 Å². The van der Waals surface area contributed by atoms with Crippen LogP contribution in [0, 0.1) is 15.5 Å². The summed E-state index contributed by atoms with van der Waals surface area (Å²) in [4.78, 5) is 10.5. The number of benzene rings is 1. The zero-order valence-electron chi connectivity index (χ0n) is 10.7. The SMILES string of the molecule is CCC1(C)C(Cl)CC1Oc1cc(Cl)ccc1[N+](=O)[O-]. The van der Waals surface area contributed by atoms with Crippen molar-refractivity contribution in [2.75, 3.05) is 0 Å². The minimum Gasteiger partial charge on any atom is -0.483 e. The van der Waals surface area contributed by atoms with Gasteiger partial charge in [0.05, 0.1) is 4.92 Å². The Hall–Kier alpha value is -1.00. The number of nitro benzene ring substituents is 1. The van der Waals surface area contributed by atoms with Crippen molar-refractivity contribution in [1.82, 2.24) is 0 Å². The summed E-state index contributed by atoms with van der Waals surface area (Å²) in [6.45, 7) is 4.08. The van der Waals surface area contributed by atoms with Crippen LogP contribution >= 0.6 is 23.2 Å². The Bertz CT molecular complexity index is 509. The molecule has 3 unspecified atom stereocenters. The van der Waals surface area contributed by atoms with Gasteiger partial charge in [0, 0.05) is 34.4 Å². The average Bonchev–Trinajstić information content (AvgIpc) is 2.37. The van der Waals surface area contributed by atoms with Gasteiger partial charge in [-0.2, -0.15) is 0 Å². The third-order valence-corrected chi connectivity index (χ3v) is 4.93. The molecule has 3 atom stereocenters. The molecular formula is C13H15Cl2NO3. The van der Waals surface area contributed by atoms with E-state index < -0.39 is 4.92 Å². The number of hydrogen-bond acceptors (Lipinski definition) is 3. The van der Waals surface area contributed by atoms with Gasteiger partial charge in [-0.05, 0) is 12.5 Å². The molecule has 1 aromatic carbocycles. The lowest BCUT2D eigenvalue weighted by Gasteiger charge is -2.50. The molecule has 19 heavy (non-hydrogen) atoms. The fraction of sp³-hybridized carbons (Fsp3) is 0.538. The van der Waals surface area contributed by atoms with Gasteiger partial charge >= 0.3 is 5.69 Å². The number of halogens is 2. The van der Waals surface area contributed by atoms with Gasteiger partial charge < -0.3 is 4.74 Å². The molecule has 1 saturated carbocycles. The maximum absolute atomic E-state index is 11.0. The summed E-state index contributed by atoms with van der Waals surface area (Å²) in [6, 6.07) is 4.33. The van der Waals surface area contributed by atoms with E-state index in [0.717, 1.165) is 6.42 Å². The summed E-state index contributed by atoms with van der Waals surface area (Å²) < 4.78 is 5.79. The first kappa shape index (κ1) is 14.4. The van der Waals surface area contributed by atoms with Crippen molar-refractivity contribution < 1.29 is 9.66 Å². The predicted molar refractivity (Wildman–Crippen MR) is 75.2 cm³/mol. The Morgan fingerprint density at radius 3 is 2.79 bits per heavy atom. The fourth-order valence-corrected chi connectivity index (χ4v) is 2.90. The first-order valence-corrected chi connectivity index (χ1v) is 6.94. The number of rotatable bonds is 4. The Morgan fingerprint density at radius 1 is 1.58 bits per heavy atom. The largest absolute Gasteiger partial charge is 0.483 e. The summed E-state index contributed by atoms with van der Waals surface area (Å²) in [7, 11) is 0. The van der Waals surface area contributed by atoms with Crippen LogP contribution in [0.2, 0.25) is 5.02 Å². The van der Waals surface area contributed by atoms with Crippen LogP contribution in [0.4, 0.5) is 5.69 Å². The molecular weight excluding hydrogens is 289 g/mol. The third-order valence-electron chi connectivity index (χ3n) is 4.02. The molecule has 1 fully saturated rings. The van der Waals surface area contributed by atoms with Crippen LogP contribution < -0.4 is 4.74 Å². The van der Waals surface area contributed by atoms with Gasteiger partial charge in [0.1, 0.15) is 6.10 Å². The zero-order valence-corrected chi connectivity index (χ0v) is 12.2. The molecule has 0 aliphatic heterocycles. The number of nitro groups is 1.